The summed E-state index contributed by atoms with van der Waals surface area (Å²) in [6.45, 7) is 13.9. The van der Waals surface area contributed by atoms with E-state index in [4.69, 9.17) is 10.5 Å². The lowest BCUT2D eigenvalue weighted by Crippen LogP contribution is -2.23. The Hall–Kier alpha value is -0.730. The summed E-state index contributed by atoms with van der Waals surface area (Å²) in [6, 6.07) is 4.74. The zero-order chi connectivity index (χ0) is 15.3. The van der Waals surface area contributed by atoms with Crippen LogP contribution in [0.2, 0.25) is 0 Å². The quantitative estimate of drug-likeness (QED) is 0.820. The fourth-order valence-corrected chi connectivity index (χ4v) is 2.27. The minimum Gasteiger partial charge on any atom is -0.493 e. The van der Waals surface area contributed by atoms with Gasteiger partial charge >= 0.3 is 0 Å². The second-order valence-electron chi connectivity index (χ2n) is 6.75. The molecule has 0 aromatic heterocycles. The monoisotopic (exact) mass is 313 g/mol. The smallest absolute Gasteiger partial charge is 0.125 e. The van der Waals surface area contributed by atoms with E-state index in [0.29, 0.717) is 0 Å². The minimum absolute atomic E-state index is 0. The molecule has 0 heterocycles. The van der Waals surface area contributed by atoms with E-state index >= 15 is 0 Å². The van der Waals surface area contributed by atoms with Gasteiger partial charge in [0.25, 0.3) is 0 Å². The first kappa shape index (κ1) is 20.3. The number of hydrogen-bond acceptors (Lipinski definition) is 2. The van der Waals surface area contributed by atoms with Crippen LogP contribution in [0.5, 0.6) is 5.75 Å². The van der Waals surface area contributed by atoms with Crippen molar-refractivity contribution in [2.45, 2.75) is 72.3 Å². The third kappa shape index (κ3) is 5.88. The van der Waals surface area contributed by atoms with E-state index in [1.807, 2.05) is 0 Å². The molecule has 0 saturated heterocycles. The Balaban J connectivity index is 0.00000400. The Labute approximate surface area is 136 Å². The summed E-state index contributed by atoms with van der Waals surface area (Å²) in [6.07, 6.45) is 2.91. The topological polar surface area (TPSA) is 35.2 Å². The molecule has 21 heavy (non-hydrogen) atoms. The molecule has 122 valence electrons. The van der Waals surface area contributed by atoms with Crippen molar-refractivity contribution in [3.63, 3.8) is 0 Å². The van der Waals surface area contributed by atoms with Gasteiger partial charge in [-0.15, -0.1) is 12.4 Å². The summed E-state index contributed by atoms with van der Waals surface area (Å²) in [7, 11) is 0. The standard InChI is InChI=1S/C18H31NO.ClH/c1-7-9-20-17-13(3)10-15(18(4,5)6)11-14(17)12-16(19)8-2;/h10-11,16H,7-9,12,19H2,1-6H3;1H. The van der Waals surface area contributed by atoms with Crippen LogP contribution in [0.25, 0.3) is 0 Å². The second kappa shape index (κ2) is 8.65. The summed E-state index contributed by atoms with van der Waals surface area (Å²) in [5.41, 5.74) is 10.2. The molecule has 1 atom stereocenters. The highest BCUT2D eigenvalue weighted by molar-refractivity contribution is 5.85. The van der Waals surface area contributed by atoms with E-state index in [9.17, 15) is 0 Å². The van der Waals surface area contributed by atoms with Gasteiger partial charge in [0.15, 0.2) is 0 Å². The molecule has 0 amide bonds. The molecule has 0 bridgehead atoms. The molecule has 0 fully saturated rings. The van der Waals surface area contributed by atoms with E-state index in [-0.39, 0.29) is 23.9 Å². The SMILES string of the molecule is CCCOc1c(C)cc(C(C)(C)C)cc1CC(N)CC.Cl. The normalized spacial score (nSPS) is 12.7. The maximum Gasteiger partial charge on any atom is 0.125 e. The van der Waals surface area contributed by atoms with Gasteiger partial charge < -0.3 is 10.5 Å². The Morgan fingerprint density at radius 1 is 1.19 bits per heavy atom. The molecule has 0 radical (unpaired) electrons. The van der Waals surface area contributed by atoms with Gasteiger partial charge in [-0.25, -0.2) is 0 Å². The third-order valence-electron chi connectivity index (χ3n) is 3.67. The first-order valence-corrected chi connectivity index (χ1v) is 7.82. The zero-order valence-electron chi connectivity index (χ0n) is 14.5. The molecular weight excluding hydrogens is 282 g/mol. The Bertz CT molecular complexity index is 438. The van der Waals surface area contributed by atoms with Gasteiger partial charge in [0.2, 0.25) is 0 Å². The van der Waals surface area contributed by atoms with Crippen LogP contribution in [0.3, 0.4) is 0 Å². The van der Waals surface area contributed by atoms with E-state index in [1.165, 1.54) is 16.7 Å². The van der Waals surface area contributed by atoms with Crippen LogP contribution >= 0.6 is 12.4 Å². The zero-order valence-corrected chi connectivity index (χ0v) is 15.3. The van der Waals surface area contributed by atoms with Gasteiger partial charge in [0, 0.05) is 6.04 Å². The average Bonchev–Trinajstić information content (AvgIpc) is 2.36. The van der Waals surface area contributed by atoms with Crippen molar-refractivity contribution >= 4 is 12.4 Å². The van der Waals surface area contributed by atoms with E-state index < -0.39 is 0 Å². The number of halogens is 1. The molecule has 0 aliphatic rings. The number of benzene rings is 1. The number of hydrogen-bond donors (Lipinski definition) is 1. The van der Waals surface area contributed by atoms with Crippen LogP contribution in [0, 0.1) is 6.92 Å². The predicted octanol–water partition coefficient (Wildman–Crippen LogP) is 4.78. The van der Waals surface area contributed by atoms with Crippen molar-refractivity contribution < 1.29 is 4.74 Å². The second-order valence-corrected chi connectivity index (χ2v) is 6.75. The fourth-order valence-electron chi connectivity index (χ4n) is 2.27. The molecule has 1 unspecified atom stereocenters. The van der Waals surface area contributed by atoms with Crippen LogP contribution in [-0.4, -0.2) is 12.6 Å². The summed E-state index contributed by atoms with van der Waals surface area (Å²) in [5.74, 6) is 1.05. The Morgan fingerprint density at radius 3 is 2.29 bits per heavy atom. The maximum absolute atomic E-state index is 6.16. The van der Waals surface area contributed by atoms with Crippen molar-refractivity contribution in [1.29, 1.82) is 0 Å². The molecular formula is C18H32ClNO. The van der Waals surface area contributed by atoms with Gasteiger partial charge in [0.1, 0.15) is 5.75 Å². The Kier molecular flexibility index (Phi) is 8.35. The molecule has 0 aliphatic heterocycles. The predicted molar refractivity (Wildman–Crippen MR) is 94.9 cm³/mol. The molecule has 0 saturated carbocycles. The van der Waals surface area contributed by atoms with Gasteiger partial charge in [0.05, 0.1) is 6.61 Å². The molecule has 1 rings (SSSR count). The van der Waals surface area contributed by atoms with Gasteiger partial charge in [-0.1, -0.05) is 46.8 Å². The molecule has 2 N–H and O–H groups in total. The summed E-state index contributed by atoms with van der Waals surface area (Å²) >= 11 is 0. The Morgan fingerprint density at radius 2 is 1.81 bits per heavy atom. The average molecular weight is 314 g/mol. The number of aryl methyl sites for hydroxylation is 1. The van der Waals surface area contributed by atoms with Crippen molar-refractivity contribution in [3.05, 3.63) is 28.8 Å². The lowest BCUT2D eigenvalue weighted by molar-refractivity contribution is 0.311. The highest BCUT2D eigenvalue weighted by Gasteiger charge is 2.19. The first-order chi connectivity index (χ1) is 9.29. The van der Waals surface area contributed by atoms with Crippen molar-refractivity contribution in [2.24, 2.45) is 5.73 Å². The van der Waals surface area contributed by atoms with Gasteiger partial charge in [-0.2, -0.15) is 0 Å². The first-order valence-electron chi connectivity index (χ1n) is 7.82. The van der Waals surface area contributed by atoms with Crippen LogP contribution < -0.4 is 10.5 Å². The third-order valence-corrected chi connectivity index (χ3v) is 3.67. The van der Waals surface area contributed by atoms with E-state index in [1.54, 1.807) is 0 Å². The van der Waals surface area contributed by atoms with Gasteiger partial charge in [-0.05, 0) is 48.3 Å². The highest BCUT2D eigenvalue weighted by Crippen LogP contribution is 2.32. The van der Waals surface area contributed by atoms with Crippen LogP contribution in [0.15, 0.2) is 12.1 Å². The lowest BCUT2D eigenvalue weighted by atomic mass is 9.84. The summed E-state index contributed by atoms with van der Waals surface area (Å²) in [5, 5.41) is 0. The summed E-state index contributed by atoms with van der Waals surface area (Å²) in [4.78, 5) is 0. The number of nitrogens with two attached hydrogens (primary N) is 1. The summed E-state index contributed by atoms with van der Waals surface area (Å²) < 4.78 is 5.97. The highest BCUT2D eigenvalue weighted by atomic mass is 35.5. The molecule has 1 aromatic rings. The minimum atomic E-state index is 0. The molecule has 1 aromatic carbocycles. The maximum atomic E-state index is 6.16. The van der Waals surface area contributed by atoms with Crippen molar-refractivity contribution in [3.8, 4) is 5.75 Å². The number of ether oxygens (including phenoxy) is 1. The molecule has 2 nitrogen and oxygen atoms in total. The van der Waals surface area contributed by atoms with Gasteiger partial charge in [-0.3, -0.25) is 0 Å². The lowest BCUT2D eigenvalue weighted by Gasteiger charge is -2.24. The van der Waals surface area contributed by atoms with Crippen LogP contribution in [0.4, 0.5) is 0 Å². The van der Waals surface area contributed by atoms with Crippen molar-refractivity contribution in [2.75, 3.05) is 6.61 Å². The molecule has 3 heteroatoms. The van der Waals surface area contributed by atoms with E-state index in [2.05, 4.69) is 53.7 Å². The largest absolute Gasteiger partial charge is 0.493 e. The number of rotatable bonds is 6. The van der Waals surface area contributed by atoms with Crippen LogP contribution in [0.1, 0.15) is 64.2 Å². The molecule has 0 spiro atoms. The van der Waals surface area contributed by atoms with Crippen LogP contribution in [-0.2, 0) is 11.8 Å². The molecule has 0 aliphatic carbocycles. The van der Waals surface area contributed by atoms with Crippen molar-refractivity contribution in [1.82, 2.24) is 0 Å². The fraction of sp³-hybridized carbons (Fsp3) is 0.667. The van der Waals surface area contributed by atoms with E-state index in [0.717, 1.165) is 31.6 Å².